The van der Waals surface area contributed by atoms with Gasteiger partial charge in [0.1, 0.15) is 11.3 Å². The third-order valence-electron chi connectivity index (χ3n) is 5.57. The largest absolute Gasteiger partial charge is 0.457 e. The molecule has 0 aliphatic heterocycles. The van der Waals surface area contributed by atoms with Crippen LogP contribution < -0.4 is 10.4 Å². The van der Waals surface area contributed by atoms with Gasteiger partial charge in [0.25, 0.3) is 8.32 Å². The van der Waals surface area contributed by atoms with Gasteiger partial charge in [-0.2, -0.15) is 0 Å². The Balaban J connectivity index is 1.90. The second-order valence-corrected chi connectivity index (χ2v) is 12.8. The van der Waals surface area contributed by atoms with Crippen LogP contribution >= 0.6 is 0 Å². The smallest absolute Gasteiger partial charge is 0.263 e. The Bertz CT molecular complexity index is 1090. The Hall–Kier alpha value is -3.06. The first kappa shape index (κ1) is 20.2. The van der Waals surface area contributed by atoms with Crippen LogP contribution in [0.25, 0.3) is 11.0 Å². The Morgan fingerprint density at radius 2 is 1.37 bits per heavy atom. The van der Waals surface area contributed by atoms with Crippen LogP contribution in [0.3, 0.4) is 0 Å². The maximum Gasteiger partial charge on any atom is 0.263 e. The van der Waals surface area contributed by atoms with Crippen LogP contribution in [-0.4, -0.2) is 8.32 Å². The molecule has 0 amide bonds. The van der Waals surface area contributed by atoms with Gasteiger partial charge in [-0.15, -0.1) is 6.42 Å². The highest BCUT2D eigenvalue weighted by Crippen LogP contribution is 2.40. The summed E-state index contributed by atoms with van der Waals surface area (Å²) in [6.07, 6.45) is 5.44. The molecular formula is C27H26O2Si. The van der Waals surface area contributed by atoms with Crippen molar-refractivity contribution < 1.29 is 8.84 Å². The predicted octanol–water partition coefficient (Wildman–Crippen LogP) is 5.68. The molecule has 1 heterocycles. The summed E-state index contributed by atoms with van der Waals surface area (Å²) in [5, 5.41) is 3.26. The third-order valence-corrected chi connectivity index (χ3v) is 10.6. The summed E-state index contributed by atoms with van der Waals surface area (Å²) in [6, 6.07) is 30.9. The summed E-state index contributed by atoms with van der Waals surface area (Å²) in [5.41, 5.74) is 0.818. The molecule has 0 saturated carbocycles. The Labute approximate surface area is 179 Å². The first-order valence-electron chi connectivity index (χ1n) is 10.2. The molecule has 4 rings (SSSR count). The van der Waals surface area contributed by atoms with Crippen molar-refractivity contribution >= 4 is 29.7 Å². The van der Waals surface area contributed by atoms with Crippen LogP contribution in [0.2, 0.25) is 5.04 Å². The second-order valence-electron chi connectivity index (χ2n) is 8.51. The molecule has 150 valence electrons. The molecule has 0 aliphatic carbocycles. The highest BCUT2D eigenvalue weighted by Gasteiger charge is 2.51. The third kappa shape index (κ3) is 3.50. The minimum Gasteiger partial charge on any atom is -0.457 e. The number of hydrogen-bond donors (Lipinski definition) is 0. The standard InChI is InChI=1S/C27H26O2Si/c1-5-24(26-20-21-14-12-13-19-25(21)28-26)29-30(27(2,3)4,22-15-8-6-9-16-22)23-17-10-7-11-18-23/h1,6-20,24H,2-4H3. The lowest BCUT2D eigenvalue weighted by atomic mass is 10.2. The highest BCUT2D eigenvalue weighted by molar-refractivity contribution is 6.99. The molecule has 1 atom stereocenters. The van der Waals surface area contributed by atoms with E-state index in [1.165, 1.54) is 10.4 Å². The number of benzene rings is 3. The Kier molecular flexibility index (Phi) is 5.38. The second kappa shape index (κ2) is 7.99. The van der Waals surface area contributed by atoms with Crippen molar-refractivity contribution in [2.45, 2.75) is 31.9 Å². The average molecular weight is 411 g/mol. The van der Waals surface area contributed by atoms with Crippen molar-refractivity contribution in [1.82, 2.24) is 0 Å². The molecule has 30 heavy (non-hydrogen) atoms. The summed E-state index contributed by atoms with van der Waals surface area (Å²) in [6.45, 7) is 6.72. The summed E-state index contributed by atoms with van der Waals surface area (Å²) >= 11 is 0. The lowest BCUT2D eigenvalue weighted by Crippen LogP contribution is -2.66. The maximum absolute atomic E-state index is 7.05. The van der Waals surface area contributed by atoms with Crippen LogP contribution in [0.5, 0.6) is 0 Å². The fourth-order valence-corrected chi connectivity index (χ4v) is 8.73. The molecule has 1 unspecified atom stereocenters. The van der Waals surface area contributed by atoms with Crippen molar-refractivity contribution in [1.29, 1.82) is 0 Å². The van der Waals surface area contributed by atoms with Crippen LogP contribution in [-0.2, 0) is 4.43 Å². The first-order valence-corrected chi connectivity index (χ1v) is 12.1. The van der Waals surface area contributed by atoms with Gasteiger partial charge in [0.2, 0.25) is 0 Å². The quantitative estimate of drug-likeness (QED) is 0.312. The van der Waals surface area contributed by atoms with Crippen LogP contribution in [0.4, 0.5) is 0 Å². The molecule has 0 N–H and O–H groups in total. The van der Waals surface area contributed by atoms with E-state index in [0.717, 1.165) is 11.0 Å². The summed E-state index contributed by atoms with van der Waals surface area (Å²) in [4.78, 5) is 0. The maximum atomic E-state index is 7.05. The number of para-hydroxylation sites is 1. The number of terminal acetylenes is 1. The number of rotatable bonds is 5. The van der Waals surface area contributed by atoms with Crippen molar-refractivity contribution in [3.63, 3.8) is 0 Å². The van der Waals surface area contributed by atoms with Crippen molar-refractivity contribution in [3.05, 3.63) is 96.8 Å². The average Bonchev–Trinajstić information content (AvgIpc) is 3.19. The lowest BCUT2D eigenvalue weighted by molar-refractivity contribution is 0.219. The van der Waals surface area contributed by atoms with Gasteiger partial charge in [0.05, 0.1) is 0 Å². The zero-order chi connectivity index (χ0) is 21.2. The zero-order valence-electron chi connectivity index (χ0n) is 17.6. The van der Waals surface area contributed by atoms with Gasteiger partial charge in [0.15, 0.2) is 6.10 Å². The lowest BCUT2D eigenvalue weighted by Gasteiger charge is -2.44. The Morgan fingerprint density at radius 3 is 1.87 bits per heavy atom. The minimum atomic E-state index is -2.77. The summed E-state index contributed by atoms with van der Waals surface area (Å²) in [5.74, 6) is 3.54. The normalized spacial score (nSPS) is 13.1. The first-order chi connectivity index (χ1) is 14.5. The molecule has 1 aromatic heterocycles. The van der Waals surface area contributed by atoms with Crippen molar-refractivity contribution in [2.75, 3.05) is 0 Å². The molecule has 0 radical (unpaired) electrons. The van der Waals surface area contributed by atoms with E-state index in [9.17, 15) is 0 Å². The molecule has 2 nitrogen and oxygen atoms in total. The van der Waals surface area contributed by atoms with Gasteiger partial charge in [-0.1, -0.05) is 106 Å². The molecule has 3 aromatic carbocycles. The van der Waals surface area contributed by atoms with E-state index in [1.54, 1.807) is 0 Å². The molecule has 3 heteroatoms. The molecule has 0 bridgehead atoms. The van der Waals surface area contributed by atoms with E-state index in [1.807, 2.05) is 42.5 Å². The van der Waals surface area contributed by atoms with Gasteiger partial charge in [-0.25, -0.2) is 0 Å². The van der Waals surface area contributed by atoms with E-state index in [-0.39, 0.29) is 5.04 Å². The molecule has 0 fully saturated rings. The molecule has 0 aliphatic rings. The summed E-state index contributed by atoms with van der Waals surface area (Å²) < 4.78 is 13.2. The SMILES string of the molecule is C#CC(O[Si](c1ccccc1)(c1ccccc1)C(C)(C)C)c1cc2ccccc2o1. The zero-order valence-corrected chi connectivity index (χ0v) is 18.6. The van der Waals surface area contributed by atoms with Crippen molar-refractivity contribution in [2.24, 2.45) is 0 Å². The van der Waals surface area contributed by atoms with Gasteiger partial charge in [0, 0.05) is 5.39 Å². The minimum absolute atomic E-state index is 0.156. The van der Waals surface area contributed by atoms with Crippen LogP contribution in [0.1, 0.15) is 32.6 Å². The van der Waals surface area contributed by atoms with Crippen molar-refractivity contribution in [3.8, 4) is 12.3 Å². The molecule has 4 aromatic rings. The van der Waals surface area contributed by atoms with Crippen LogP contribution in [0, 0.1) is 12.3 Å². The number of fused-ring (bicyclic) bond motifs is 1. The van der Waals surface area contributed by atoms with Crippen LogP contribution in [0.15, 0.2) is 95.4 Å². The monoisotopic (exact) mass is 410 g/mol. The van der Waals surface area contributed by atoms with Gasteiger partial charge in [-0.3, -0.25) is 0 Å². The number of hydrogen-bond acceptors (Lipinski definition) is 2. The highest BCUT2D eigenvalue weighted by atomic mass is 28.4. The fourth-order valence-electron chi connectivity index (χ4n) is 4.17. The van der Waals surface area contributed by atoms with E-state index in [0.29, 0.717) is 5.76 Å². The molecule has 0 saturated heterocycles. The molecular weight excluding hydrogens is 384 g/mol. The van der Waals surface area contributed by atoms with E-state index < -0.39 is 14.4 Å². The van der Waals surface area contributed by atoms with Gasteiger partial charge >= 0.3 is 0 Å². The predicted molar refractivity (Wildman–Crippen MR) is 126 cm³/mol. The van der Waals surface area contributed by atoms with Gasteiger partial charge in [-0.05, 0) is 27.5 Å². The van der Waals surface area contributed by atoms with E-state index >= 15 is 0 Å². The van der Waals surface area contributed by atoms with E-state index in [4.69, 9.17) is 15.3 Å². The number of furan rings is 1. The van der Waals surface area contributed by atoms with E-state index in [2.05, 4.69) is 75.2 Å². The fraction of sp³-hybridized carbons (Fsp3) is 0.185. The van der Waals surface area contributed by atoms with Gasteiger partial charge < -0.3 is 8.84 Å². The topological polar surface area (TPSA) is 22.4 Å². The molecule has 0 spiro atoms. The summed E-state index contributed by atoms with van der Waals surface area (Å²) in [7, 11) is -2.77. The Morgan fingerprint density at radius 1 is 0.833 bits per heavy atom.